The zero-order chi connectivity index (χ0) is 20.6. The predicted molar refractivity (Wildman–Crippen MR) is 108 cm³/mol. The van der Waals surface area contributed by atoms with Gasteiger partial charge in [0.05, 0.1) is 19.3 Å². The molecule has 1 saturated heterocycles. The van der Waals surface area contributed by atoms with Crippen molar-refractivity contribution in [3.8, 4) is 0 Å². The molecule has 2 N–H and O–H groups in total. The van der Waals surface area contributed by atoms with Crippen molar-refractivity contribution in [3.05, 3.63) is 60.1 Å². The monoisotopic (exact) mass is 415 g/mol. The van der Waals surface area contributed by atoms with Crippen molar-refractivity contribution in [3.63, 3.8) is 0 Å². The van der Waals surface area contributed by atoms with Gasteiger partial charge in [-0.3, -0.25) is 19.7 Å². The Balaban J connectivity index is 1.54. The maximum absolute atomic E-state index is 12.3. The Kier molecular flexibility index (Phi) is 6.96. The van der Waals surface area contributed by atoms with Crippen molar-refractivity contribution < 1.29 is 23.5 Å². The molecule has 152 valence electrons. The van der Waals surface area contributed by atoms with Gasteiger partial charge in [-0.05, 0) is 29.9 Å². The molecule has 0 saturated carbocycles. The highest BCUT2D eigenvalue weighted by molar-refractivity contribution is 7.80. The fraction of sp³-hybridized carbons (Fsp3) is 0.300. The van der Waals surface area contributed by atoms with Gasteiger partial charge in [-0.2, -0.15) is 0 Å². The summed E-state index contributed by atoms with van der Waals surface area (Å²) in [5, 5.41) is 5.30. The summed E-state index contributed by atoms with van der Waals surface area (Å²) in [5.74, 6) is -1.26. The Hall–Kier alpha value is -3.20. The van der Waals surface area contributed by atoms with Crippen LogP contribution in [0.1, 0.15) is 22.5 Å². The third kappa shape index (κ3) is 5.64. The molecule has 2 aromatic rings. The molecule has 1 aromatic carbocycles. The normalized spacial score (nSPS) is 16.1. The van der Waals surface area contributed by atoms with Gasteiger partial charge in [0.25, 0.3) is 5.91 Å². The first-order chi connectivity index (χ1) is 14.0. The van der Waals surface area contributed by atoms with E-state index >= 15 is 0 Å². The molecule has 1 aliphatic heterocycles. The van der Waals surface area contributed by atoms with Crippen molar-refractivity contribution in [2.75, 3.05) is 19.7 Å². The highest BCUT2D eigenvalue weighted by Gasteiger charge is 2.34. The second kappa shape index (κ2) is 9.83. The third-order valence-electron chi connectivity index (χ3n) is 4.41. The summed E-state index contributed by atoms with van der Waals surface area (Å²) >= 11 is 5.28. The minimum Gasteiger partial charge on any atom is -0.465 e. The van der Waals surface area contributed by atoms with Gasteiger partial charge in [-0.15, -0.1) is 0 Å². The van der Waals surface area contributed by atoms with Crippen LogP contribution in [0.15, 0.2) is 53.1 Å². The molecule has 1 fully saturated rings. The largest absolute Gasteiger partial charge is 0.465 e. The molecule has 9 heteroatoms. The van der Waals surface area contributed by atoms with Gasteiger partial charge in [0.1, 0.15) is 6.04 Å². The van der Waals surface area contributed by atoms with Crippen LogP contribution in [-0.2, 0) is 20.7 Å². The zero-order valence-electron chi connectivity index (χ0n) is 15.6. The Morgan fingerprint density at radius 3 is 2.76 bits per heavy atom. The van der Waals surface area contributed by atoms with E-state index in [1.807, 2.05) is 30.3 Å². The van der Waals surface area contributed by atoms with Gasteiger partial charge in [-0.25, -0.2) is 0 Å². The zero-order valence-corrected chi connectivity index (χ0v) is 16.4. The molecule has 1 unspecified atom stereocenters. The molecular weight excluding hydrogens is 394 g/mol. The average molecular weight is 415 g/mol. The number of carbonyl (C=O) groups excluding carboxylic acids is 3. The van der Waals surface area contributed by atoms with Crippen molar-refractivity contribution in [1.82, 2.24) is 15.5 Å². The summed E-state index contributed by atoms with van der Waals surface area (Å²) in [4.78, 5) is 38.2. The number of benzene rings is 1. The predicted octanol–water partition coefficient (Wildman–Crippen LogP) is 1.27. The number of rotatable bonds is 6. The summed E-state index contributed by atoms with van der Waals surface area (Å²) < 4.78 is 10.3. The summed E-state index contributed by atoms with van der Waals surface area (Å²) in [6, 6.07) is 11.9. The molecule has 1 aromatic heterocycles. The lowest BCUT2D eigenvalue weighted by Gasteiger charge is -2.36. The minimum absolute atomic E-state index is 0.0586. The van der Waals surface area contributed by atoms with Gasteiger partial charge in [0, 0.05) is 19.5 Å². The number of hydrogen-bond donors (Lipinski definition) is 2. The van der Waals surface area contributed by atoms with Crippen LogP contribution in [0.5, 0.6) is 0 Å². The lowest BCUT2D eigenvalue weighted by Crippen LogP contribution is -2.60. The Bertz CT molecular complexity index is 870. The van der Waals surface area contributed by atoms with E-state index in [4.69, 9.17) is 21.4 Å². The van der Waals surface area contributed by atoms with Crippen molar-refractivity contribution >= 4 is 35.1 Å². The average Bonchev–Trinajstić information content (AvgIpc) is 3.25. The molecule has 2 amide bonds. The summed E-state index contributed by atoms with van der Waals surface area (Å²) in [6.07, 6.45) is 1.79. The first-order valence-electron chi connectivity index (χ1n) is 9.17. The van der Waals surface area contributed by atoms with Gasteiger partial charge in [0.15, 0.2) is 10.9 Å². The van der Waals surface area contributed by atoms with Gasteiger partial charge >= 0.3 is 5.97 Å². The molecule has 0 aliphatic carbocycles. The summed E-state index contributed by atoms with van der Waals surface area (Å²) in [5.41, 5.74) is 1.05. The highest BCUT2D eigenvalue weighted by atomic mass is 32.1. The number of carbonyl (C=O) groups is 3. The number of furan rings is 1. The van der Waals surface area contributed by atoms with Crippen LogP contribution >= 0.6 is 12.2 Å². The fourth-order valence-electron chi connectivity index (χ4n) is 2.94. The lowest BCUT2D eigenvalue weighted by atomic mass is 10.1. The molecule has 8 nitrogen and oxygen atoms in total. The number of ether oxygens (including phenoxy) is 1. The molecule has 0 radical (unpaired) electrons. The number of esters is 1. The number of amides is 2. The topological polar surface area (TPSA) is 101 Å². The van der Waals surface area contributed by atoms with E-state index in [-0.39, 0.29) is 29.8 Å². The fourth-order valence-corrected chi connectivity index (χ4v) is 3.25. The Morgan fingerprint density at radius 1 is 1.24 bits per heavy atom. The summed E-state index contributed by atoms with van der Waals surface area (Å²) in [7, 11) is 0. The van der Waals surface area contributed by atoms with Crippen LogP contribution < -0.4 is 10.6 Å². The minimum atomic E-state index is -0.850. The number of nitrogens with one attached hydrogen (secondary N) is 2. The maximum Gasteiger partial charge on any atom is 0.308 e. The highest BCUT2D eigenvalue weighted by Crippen LogP contribution is 2.12. The van der Waals surface area contributed by atoms with Crippen molar-refractivity contribution in [2.45, 2.75) is 18.9 Å². The number of thiocarbonyl (C=S) groups is 1. The van der Waals surface area contributed by atoms with E-state index < -0.39 is 17.9 Å². The molecule has 29 heavy (non-hydrogen) atoms. The first-order valence-corrected chi connectivity index (χ1v) is 9.58. The van der Waals surface area contributed by atoms with E-state index in [0.717, 1.165) is 5.56 Å². The van der Waals surface area contributed by atoms with E-state index in [2.05, 4.69) is 10.6 Å². The van der Waals surface area contributed by atoms with Gasteiger partial charge < -0.3 is 19.4 Å². The molecule has 2 heterocycles. The van der Waals surface area contributed by atoms with Gasteiger partial charge in [0.2, 0.25) is 5.91 Å². The van der Waals surface area contributed by atoms with Crippen LogP contribution in [0.25, 0.3) is 0 Å². The molecule has 0 bridgehead atoms. The molecule has 1 atom stereocenters. The van der Waals surface area contributed by atoms with Gasteiger partial charge in [-0.1, -0.05) is 30.3 Å². The van der Waals surface area contributed by atoms with Crippen LogP contribution in [0.2, 0.25) is 0 Å². The second-order valence-corrected chi connectivity index (χ2v) is 6.78. The quantitative estimate of drug-likeness (QED) is 0.541. The van der Waals surface area contributed by atoms with E-state index in [0.29, 0.717) is 19.5 Å². The van der Waals surface area contributed by atoms with E-state index in [1.165, 1.54) is 17.2 Å². The Labute approximate surface area is 173 Å². The molecule has 1 aliphatic rings. The van der Waals surface area contributed by atoms with Crippen LogP contribution in [-0.4, -0.2) is 53.5 Å². The van der Waals surface area contributed by atoms with Crippen LogP contribution in [0.4, 0.5) is 0 Å². The smallest absolute Gasteiger partial charge is 0.308 e. The standard InChI is InChI=1S/C20H21N3O5S/c24-17(28-12-8-14-5-2-1-3-6-14)13-15-18(25)21-9-10-23(15)20(29)22-19(26)16-7-4-11-27-16/h1-7,11,15H,8-10,12-13H2,(H,21,25)(H,22,26,29). The summed E-state index contributed by atoms with van der Waals surface area (Å²) in [6.45, 7) is 0.941. The SMILES string of the molecule is O=C(CC1C(=O)NCCN1C(=S)NC(=O)c1ccco1)OCCc1ccccc1. The van der Waals surface area contributed by atoms with Crippen LogP contribution in [0, 0.1) is 0 Å². The van der Waals surface area contributed by atoms with E-state index in [9.17, 15) is 14.4 Å². The maximum atomic E-state index is 12.3. The van der Waals surface area contributed by atoms with Crippen molar-refractivity contribution in [2.24, 2.45) is 0 Å². The van der Waals surface area contributed by atoms with Crippen LogP contribution in [0.3, 0.4) is 0 Å². The third-order valence-corrected chi connectivity index (χ3v) is 4.75. The molecular formula is C20H21N3O5S. The number of nitrogens with zero attached hydrogens (tertiary/aromatic N) is 1. The first kappa shape index (κ1) is 20.5. The number of piperazine rings is 1. The molecule has 0 spiro atoms. The van der Waals surface area contributed by atoms with Crippen molar-refractivity contribution in [1.29, 1.82) is 0 Å². The molecule has 3 rings (SSSR count). The van der Waals surface area contributed by atoms with E-state index in [1.54, 1.807) is 6.07 Å². The number of hydrogen-bond acceptors (Lipinski definition) is 6. The Morgan fingerprint density at radius 2 is 2.03 bits per heavy atom. The lowest BCUT2D eigenvalue weighted by molar-refractivity contribution is -0.147. The second-order valence-electron chi connectivity index (χ2n) is 6.40.